The van der Waals surface area contributed by atoms with E-state index in [0.717, 1.165) is 43.6 Å². The SMILES string of the molecule is CCC1=NNC2C(=O)N(CC(=O)Nc3ccc(C(C)C)cc3)C3CCCCC3N12. The minimum Gasteiger partial charge on any atom is -0.325 e. The molecule has 0 aromatic heterocycles. The largest absolute Gasteiger partial charge is 0.325 e. The molecule has 2 amide bonds. The zero-order valence-electron chi connectivity index (χ0n) is 17.5. The summed E-state index contributed by atoms with van der Waals surface area (Å²) in [6, 6.07) is 8.23. The number of piperazine rings is 1. The normalized spacial score (nSPS) is 26.0. The van der Waals surface area contributed by atoms with Crippen LogP contribution in [0.4, 0.5) is 5.69 Å². The molecule has 1 aromatic rings. The Hall–Kier alpha value is -2.57. The van der Waals surface area contributed by atoms with Crippen molar-refractivity contribution in [2.75, 3.05) is 11.9 Å². The van der Waals surface area contributed by atoms with Crippen LogP contribution in [-0.4, -0.2) is 52.2 Å². The molecule has 3 unspecified atom stereocenters. The highest BCUT2D eigenvalue weighted by Gasteiger charge is 2.50. The third-order valence-corrected chi connectivity index (χ3v) is 6.35. The maximum Gasteiger partial charge on any atom is 0.268 e. The van der Waals surface area contributed by atoms with Crippen molar-refractivity contribution in [2.24, 2.45) is 5.10 Å². The molecule has 4 rings (SSSR count). The predicted molar refractivity (Wildman–Crippen MR) is 113 cm³/mol. The second-order valence-electron chi connectivity index (χ2n) is 8.53. The Labute approximate surface area is 172 Å². The summed E-state index contributed by atoms with van der Waals surface area (Å²) in [5.41, 5.74) is 5.00. The molecule has 7 nitrogen and oxygen atoms in total. The first-order valence-electron chi connectivity index (χ1n) is 10.8. The summed E-state index contributed by atoms with van der Waals surface area (Å²) in [6.45, 7) is 6.43. The quantitative estimate of drug-likeness (QED) is 0.801. The van der Waals surface area contributed by atoms with Crippen LogP contribution >= 0.6 is 0 Å². The van der Waals surface area contributed by atoms with E-state index in [4.69, 9.17) is 0 Å². The summed E-state index contributed by atoms with van der Waals surface area (Å²) >= 11 is 0. The molecule has 156 valence electrons. The van der Waals surface area contributed by atoms with Gasteiger partial charge in [0.05, 0.1) is 12.1 Å². The molecule has 0 spiro atoms. The lowest BCUT2D eigenvalue weighted by Gasteiger charge is -2.51. The van der Waals surface area contributed by atoms with E-state index >= 15 is 0 Å². The standard InChI is InChI=1S/C22H31N5O2/c1-4-19-24-25-21-22(29)26(17-7-5-6-8-18(17)27(19)21)13-20(28)23-16-11-9-15(10-12-16)14(2)3/h9-12,14,17-18,21,25H,4-8,13H2,1-3H3,(H,23,28). The average molecular weight is 398 g/mol. The van der Waals surface area contributed by atoms with Gasteiger partial charge in [0, 0.05) is 12.1 Å². The fourth-order valence-corrected chi connectivity index (χ4v) is 4.83. The smallest absolute Gasteiger partial charge is 0.268 e. The van der Waals surface area contributed by atoms with Crippen LogP contribution in [0.1, 0.15) is 64.4 Å². The van der Waals surface area contributed by atoms with Gasteiger partial charge < -0.3 is 15.1 Å². The minimum absolute atomic E-state index is 0.0503. The lowest BCUT2D eigenvalue weighted by Crippen LogP contribution is -2.69. The van der Waals surface area contributed by atoms with Crippen LogP contribution in [0, 0.1) is 0 Å². The third-order valence-electron chi connectivity index (χ3n) is 6.35. The fourth-order valence-electron chi connectivity index (χ4n) is 4.83. The highest BCUT2D eigenvalue weighted by molar-refractivity contribution is 5.98. The maximum atomic E-state index is 13.2. The summed E-state index contributed by atoms with van der Waals surface area (Å²) in [6.07, 6.45) is 4.54. The number of hydrogen-bond donors (Lipinski definition) is 2. The number of amidine groups is 1. The number of nitrogens with one attached hydrogen (secondary N) is 2. The van der Waals surface area contributed by atoms with Crippen LogP contribution in [0.3, 0.4) is 0 Å². The molecule has 0 bridgehead atoms. The van der Waals surface area contributed by atoms with Crippen molar-refractivity contribution in [3.8, 4) is 0 Å². The van der Waals surface area contributed by atoms with Crippen molar-refractivity contribution in [2.45, 2.75) is 77.0 Å². The molecular weight excluding hydrogens is 366 g/mol. The Morgan fingerprint density at radius 1 is 1.21 bits per heavy atom. The van der Waals surface area contributed by atoms with Gasteiger partial charge in [0.1, 0.15) is 12.4 Å². The number of amides is 2. The number of hydrogen-bond acceptors (Lipinski definition) is 5. The summed E-state index contributed by atoms with van der Waals surface area (Å²) in [5.74, 6) is 1.20. The van der Waals surface area contributed by atoms with E-state index in [1.54, 1.807) is 4.90 Å². The third kappa shape index (κ3) is 3.70. The number of fused-ring (bicyclic) bond motifs is 3. The van der Waals surface area contributed by atoms with Crippen LogP contribution in [-0.2, 0) is 9.59 Å². The van der Waals surface area contributed by atoms with Crippen LogP contribution in [0.25, 0.3) is 0 Å². The lowest BCUT2D eigenvalue weighted by atomic mass is 9.85. The molecule has 3 atom stereocenters. The van der Waals surface area contributed by atoms with E-state index in [1.807, 2.05) is 24.3 Å². The van der Waals surface area contributed by atoms with Crippen LogP contribution in [0.2, 0.25) is 0 Å². The molecule has 1 saturated heterocycles. The zero-order valence-corrected chi connectivity index (χ0v) is 17.5. The van der Waals surface area contributed by atoms with E-state index in [-0.39, 0.29) is 30.4 Å². The summed E-state index contributed by atoms with van der Waals surface area (Å²) in [4.78, 5) is 29.9. The number of anilines is 1. The molecule has 0 radical (unpaired) electrons. The van der Waals surface area contributed by atoms with Gasteiger partial charge in [0.25, 0.3) is 5.91 Å². The van der Waals surface area contributed by atoms with Crippen LogP contribution in [0.15, 0.2) is 29.4 Å². The number of carbonyl (C=O) groups is 2. The molecule has 2 fully saturated rings. The average Bonchev–Trinajstić information content (AvgIpc) is 3.16. The van der Waals surface area contributed by atoms with Gasteiger partial charge in [-0.1, -0.05) is 45.7 Å². The summed E-state index contributed by atoms with van der Waals surface area (Å²) in [5, 5.41) is 7.34. The highest BCUT2D eigenvalue weighted by atomic mass is 16.2. The van der Waals surface area contributed by atoms with E-state index in [0.29, 0.717) is 5.92 Å². The van der Waals surface area contributed by atoms with Crippen molar-refractivity contribution >= 4 is 23.3 Å². The first-order valence-corrected chi connectivity index (χ1v) is 10.8. The first kappa shape index (κ1) is 19.7. The van der Waals surface area contributed by atoms with Gasteiger partial charge in [0.15, 0.2) is 6.17 Å². The first-order chi connectivity index (χ1) is 14.0. The van der Waals surface area contributed by atoms with Crippen molar-refractivity contribution < 1.29 is 9.59 Å². The molecule has 1 aromatic carbocycles. The van der Waals surface area contributed by atoms with Gasteiger partial charge in [-0.15, -0.1) is 0 Å². The Morgan fingerprint density at radius 3 is 2.55 bits per heavy atom. The second-order valence-corrected chi connectivity index (χ2v) is 8.53. The number of benzene rings is 1. The van der Waals surface area contributed by atoms with Gasteiger partial charge in [-0.3, -0.25) is 15.0 Å². The van der Waals surface area contributed by atoms with Gasteiger partial charge in [0.2, 0.25) is 5.91 Å². The van der Waals surface area contributed by atoms with E-state index in [1.165, 1.54) is 5.56 Å². The molecule has 29 heavy (non-hydrogen) atoms. The Morgan fingerprint density at radius 2 is 1.90 bits per heavy atom. The van der Waals surface area contributed by atoms with Gasteiger partial charge in [-0.05, 0) is 36.5 Å². The van der Waals surface area contributed by atoms with Crippen molar-refractivity contribution in [3.05, 3.63) is 29.8 Å². The Bertz CT molecular complexity index is 804. The molecule has 1 saturated carbocycles. The molecule has 2 heterocycles. The summed E-state index contributed by atoms with van der Waals surface area (Å²) in [7, 11) is 0. The van der Waals surface area contributed by atoms with Crippen molar-refractivity contribution in [1.82, 2.24) is 15.2 Å². The Balaban J connectivity index is 1.47. The number of carbonyl (C=O) groups excluding carboxylic acids is 2. The molecule has 3 aliphatic rings. The number of nitrogens with zero attached hydrogens (tertiary/aromatic N) is 3. The number of hydrazone groups is 1. The topological polar surface area (TPSA) is 77.0 Å². The fraction of sp³-hybridized carbons (Fsp3) is 0.591. The van der Waals surface area contributed by atoms with Gasteiger partial charge >= 0.3 is 0 Å². The second kappa shape index (κ2) is 8.05. The van der Waals surface area contributed by atoms with Crippen LogP contribution < -0.4 is 10.7 Å². The molecule has 2 aliphatic heterocycles. The minimum atomic E-state index is -0.470. The highest BCUT2D eigenvalue weighted by Crippen LogP contribution is 2.35. The van der Waals surface area contributed by atoms with Gasteiger partial charge in [-0.2, -0.15) is 5.10 Å². The molecule has 7 heteroatoms. The van der Waals surface area contributed by atoms with Gasteiger partial charge in [-0.25, -0.2) is 0 Å². The maximum absolute atomic E-state index is 13.2. The molecule has 2 N–H and O–H groups in total. The van der Waals surface area contributed by atoms with Crippen molar-refractivity contribution in [3.63, 3.8) is 0 Å². The summed E-state index contributed by atoms with van der Waals surface area (Å²) < 4.78 is 0. The Kier molecular flexibility index (Phi) is 5.48. The monoisotopic (exact) mass is 397 g/mol. The molecule has 1 aliphatic carbocycles. The van der Waals surface area contributed by atoms with E-state index < -0.39 is 6.17 Å². The van der Waals surface area contributed by atoms with E-state index in [2.05, 4.69) is 41.5 Å². The number of rotatable bonds is 5. The lowest BCUT2D eigenvalue weighted by molar-refractivity contribution is -0.151. The van der Waals surface area contributed by atoms with E-state index in [9.17, 15) is 9.59 Å². The van der Waals surface area contributed by atoms with Crippen molar-refractivity contribution in [1.29, 1.82) is 0 Å². The predicted octanol–water partition coefficient (Wildman–Crippen LogP) is 2.86. The zero-order chi connectivity index (χ0) is 20.5. The molecular formula is C22H31N5O2. The van der Waals surface area contributed by atoms with Crippen LogP contribution in [0.5, 0.6) is 0 Å².